The van der Waals surface area contributed by atoms with Crippen molar-refractivity contribution in [1.82, 2.24) is 5.43 Å². The number of nitrogens with one attached hydrogen (secondary N) is 1. The number of carbonyl (C=O) groups excluding carboxylic acids is 2. The van der Waals surface area contributed by atoms with Gasteiger partial charge in [-0.05, 0) is 38.1 Å². The zero-order chi connectivity index (χ0) is 13.5. The summed E-state index contributed by atoms with van der Waals surface area (Å²) in [6.45, 7) is 3.37. The smallest absolute Gasteiger partial charge is 0.354 e. The van der Waals surface area contributed by atoms with E-state index in [1.165, 1.54) is 31.2 Å². The second-order valence-electron chi connectivity index (χ2n) is 3.41. The lowest BCUT2D eigenvalue weighted by Gasteiger charge is -2.02. The summed E-state index contributed by atoms with van der Waals surface area (Å²) in [4.78, 5) is 22.8. The molecule has 18 heavy (non-hydrogen) atoms. The molecule has 0 saturated heterocycles. The minimum absolute atomic E-state index is 0.0592. The molecular formula is C12H14N2O4. The predicted molar refractivity (Wildman–Crippen MR) is 65.3 cm³/mol. The minimum atomic E-state index is -0.580. The zero-order valence-corrected chi connectivity index (χ0v) is 10.1. The second-order valence-corrected chi connectivity index (χ2v) is 3.41. The molecule has 2 N–H and O–H groups in total. The standard InChI is InChI=1S/C12H14N2O4/c1-3-18-12(17)8(2)13-14-11(16)9-4-6-10(15)7-5-9/h4-7,15H,3H2,1-2H3,(H,14,16)/b13-8-. The Morgan fingerprint density at radius 1 is 1.33 bits per heavy atom. The van der Waals surface area contributed by atoms with Gasteiger partial charge >= 0.3 is 5.97 Å². The number of nitrogens with zero attached hydrogens (tertiary/aromatic N) is 1. The maximum absolute atomic E-state index is 11.6. The van der Waals surface area contributed by atoms with Gasteiger partial charge in [-0.2, -0.15) is 5.10 Å². The first-order valence-corrected chi connectivity index (χ1v) is 5.35. The number of rotatable bonds is 4. The largest absolute Gasteiger partial charge is 0.508 e. The van der Waals surface area contributed by atoms with E-state index in [9.17, 15) is 9.59 Å². The van der Waals surface area contributed by atoms with Crippen LogP contribution >= 0.6 is 0 Å². The molecule has 0 aromatic heterocycles. The van der Waals surface area contributed by atoms with Gasteiger partial charge in [0.1, 0.15) is 11.5 Å². The van der Waals surface area contributed by atoms with E-state index in [1.54, 1.807) is 6.92 Å². The Balaban J connectivity index is 2.63. The summed E-state index contributed by atoms with van der Waals surface area (Å²) in [6, 6.07) is 5.66. The maximum atomic E-state index is 11.6. The van der Waals surface area contributed by atoms with Crippen LogP contribution in [0.15, 0.2) is 29.4 Å². The zero-order valence-electron chi connectivity index (χ0n) is 10.1. The molecule has 0 bridgehead atoms. The Hall–Kier alpha value is -2.37. The molecule has 0 heterocycles. The number of hydrogen-bond acceptors (Lipinski definition) is 5. The fourth-order valence-electron chi connectivity index (χ4n) is 1.09. The summed E-state index contributed by atoms with van der Waals surface area (Å²) in [6.07, 6.45) is 0. The maximum Gasteiger partial charge on any atom is 0.354 e. The summed E-state index contributed by atoms with van der Waals surface area (Å²) in [5, 5.41) is 12.7. The molecule has 6 nitrogen and oxygen atoms in total. The van der Waals surface area contributed by atoms with E-state index in [4.69, 9.17) is 9.84 Å². The fraction of sp³-hybridized carbons (Fsp3) is 0.250. The van der Waals surface area contributed by atoms with Gasteiger partial charge in [0.05, 0.1) is 6.61 Å². The van der Waals surface area contributed by atoms with Gasteiger partial charge in [0, 0.05) is 5.56 Å². The Kier molecular flexibility index (Phi) is 4.86. The number of esters is 1. The molecule has 0 fully saturated rings. The molecule has 0 aliphatic rings. The molecule has 0 aliphatic heterocycles. The van der Waals surface area contributed by atoms with Gasteiger partial charge in [0.15, 0.2) is 0 Å². The topological polar surface area (TPSA) is 88.0 Å². The SMILES string of the molecule is CCOC(=O)/C(C)=N\NC(=O)c1ccc(O)cc1. The van der Waals surface area contributed by atoms with Crippen molar-refractivity contribution in [2.75, 3.05) is 6.61 Å². The molecule has 1 aromatic rings. The highest BCUT2D eigenvalue weighted by Crippen LogP contribution is 2.09. The highest BCUT2D eigenvalue weighted by molar-refractivity contribution is 6.35. The number of ether oxygens (including phenoxy) is 1. The molecule has 0 aliphatic carbocycles. The van der Waals surface area contributed by atoms with E-state index in [0.717, 1.165) is 0 Å². The predicted octanol–water partition coefficient (Wildman–Crippen LogP) is 1.06. The number of benzene rings is 1. The van der Waals surface area contributed by atoms with E-state index >= 15 is 0 Å². The lowest BCUT2D eigenvalue weighted by molar-refractivity contribution is -0.135. The summed E-state index contributed by atoms with van der Waals surface area (Å²) in [5.41, 5.74) is 2.61. The first-order chi connectivity index (χ1) is 8.54. The third kappa shape index (κ3) is 3.89. The number of hydrazone groups is 1. The molecule has 1 amide bonds. The highest BCUT2D eigenvalue weighted by Gasteiger charge is 2.08. The van der Waals surface area contributed by atoms with Gasteiger partial charge in [-0.25, -0.2) is 10.2 Å². The molecule has 1 rings (SSSR count). The third-order valence-electron chi connectivity index (χ3n) is 2.03. The van der Waals surface area contributed by atoms with E-state index in [0.29, 0.717) is 5.56 Å². The van der Waals surface area contributed by atoms with Crippen LogP contribution in [0.4, 0.5) is 0 Å². The van der Waals surface area contributed by atoms with Crippen LogP contribution in [0.5, 0.6) is 5.75 Å². The molecule has 96 valence electrons. The second kappa shape index (κ2) is 6.39. The number of phenols is 1. The van der Waals surface area contributed by atoms with Crippen LogP contribution in [0.3, 0.4) is 0 Å². The molecular weight excluding hydrogens is 236 g/mol. The van der Waals surface area contributed by atoms with Gasteiger partial charge in [-0.1, -0.05) is 0 Å². The number of carbonyl (C=O) groups is 2. The van der Waals surface area contributed by atoms with Crippen molar-refractivity contribution in [3.8, 4) is 5.75 Å². The molecule has 0 atom stereocenters. The normalized spacial score (nSPS) is 10.9. The molecule has 0 saturated carbocycles. The van der Waals surface area contributed by atoms with Crippen LogP contribution in [0.25, 0.3) is 0 Å². The fourth-order valence-corrected chi connectivity index (χ4v) is 1.09. The monoisotopic (exact) mass is 250 g/mol. The first-order valence-electron chi connectivity index (χ1n) is 5.35. The van der Waals surface area contributed by atoms with Crippen molar-refractivity contribution in [3.05, 3.63) is 29.8 Å². The summed E-state index contributed by atoms with van der Waals surface area (Å²) in [7, 11) is 0. The summed E-state index contributed by atoms with van der Waals surface area (Å²) >= 11 is 0. The Morgan fingerprint density at radius 2 is 1.94 bits per heavy atom. The number of amides is 1. The van der Waals surface area contributed by atoms with Gasteiger partial charge in [-0.3, -0.25) is 4.79 Å². The molecule has 1 aromatic carbocycles. The quantitative estimate of drug-likeness (QED) is 0.475. The van der Waals surface area contributed by atoms with Crippen molar-refractivity contribution in [2.45, 2.75) is 13.8 Å². The van der Waals surface area contributed by atoms with Crippen molar-refractivity contribution in [3.63, 3.8) is 0 Å². The molecule has 6 heteroatoms. The third-order valence-corrected chi connectivity index (χ3v) is 2.03. The van der Waals surface area contributed by atoms with Crippen LogP contribution in [-0.2, 0) is 9.53 Å². The van der Waals surface area contributed by atoms with Crippen LogP contribution in [0.1, 0.15) is 24.2 Å². The van der Waals surface area contributed by atoms with Gasteiger partial charge in [-0.15, -0.1) is 0 Å². The number of phenolic OH excluding ortho intramolecular Hbond substituents is 1. The van der Waals surface area contributed by atoms with Crippen molar-refractivity contribution >= 4 is 17.6 Å². The van der Waals surface area contributed by atoms with E-state index in [-0.39, 0.29) is 18.1 Å². The summed E-state index contributed by atoms with van der Waals surface area (Å²) in [5.74, 6) is -0.986. The number of aromatic hydroxyl groups is 1. The van der Waals surface area contributed by atoms with E-state index in [2.05, 4.69) is 10.5 Å². The molecule has 0 spiro atoms. The van der Waals surface area contributed by atoms with Crippen molar-refractivity contribution in [2.24, 2.45) is 5.10 Å². The molecule has 0 unspecified atom stereocenters. The van der Waals surface area contributed by atoms with Crippen LogP contribution < -0.4 is 5.43 Å². The molecule has 0 radical (unpaired) electrons. The van der Waals surface area contributed by atoms with Gasteiger partial charge in [0.25, 0.3) is 5.91 Å². The van der Waals surface area contributed by atoms with Gasteiger partial charge in [0.2, 0.25) is 0 Å². The van der Waals surface area contributed by atoms with Crippen molar-refractivity contribution < 1.29 is 19.4 Å². The van der Waals surface area contributed by atoms with Crippen LogP contribution in [0, 0.1) is 0 Å². The highest BCUT2D eigenvalue weighted by atomic mass is 16.5. The van der Waals surface area contributed by atoms with E-state index < -0.39 is 11.9 Å². The lowest BCUT2D eigenvalue weighted by Crippen LogP contribution is -2.23. The van der Waals surface area contributed by atoms with Crippen LogP contribution in [-0.4, -0.2) is 29.3 Å². The average Bonchev–Trinajstić information content (AvgIpc) is 2.36. The number of hydrogen-bond donors (Lipinski definition) is 2. The first kappa shape index (κ1) is 13.7. The Labute approximate surface area is 104 Å². The van der Waals surface area contributed by atoms with Crippen LogP contribution in [0.2, 0.25) is 0 Å². The van der Waals surface area contributed by atoms with Crippen molar-refractivity contribution in [1.29, 1.82) is 0 Å². The summed E-state index contributed by atoms with van der Waals surface area (Å²) < 4.78 is 4.70. The van der Waals surface area contributed by atoms with E-state index in [1.807, 2.05) is 0 Å². The Bertz CT molecular complexity index is 465. The average molecular weight is 250 g/mol. The minimum Gasteiger partial charge on any atom is -0.508 e. The Morgan fingerprint density at radius 3 is 2.50 bits per heavy atom. The lowest BCUT2D eigenvalue weighted by atomic mass is 10.2. The van der Waals surface area contributed by atoms with Gasteiger partial charge < -0.3 is 9.84 Å².